The van der Waals surface area contributed by atoms with Crippen molar-refractivity contribution in [2.24, 2.45) is 0 Å². The molecular formula is C2H6Li4O6. The van der Waals surface area contributed by atoms with Crippen LogP contribution in [0.4, 0.5) is 9.59 Å². The van der Waals surface area contributed by atoms with Crippen molar-refractivity contribution >= 4 is 12.3 Å². The average Bonchev–Trinajstić information content (AvgIpc) is 1.61. The maximum absolute atomic E-state index is 9.29. The van der Waals surface area contributed by atoms with Gasteiger partial charge in [0.2, 0.25) is 0 Å². The fourth-order valence-corrected chi connectivity index (χ4v) is 0.0713. The molecule has 0 spiro atoms. The summed E-state index contributed by atoms with van der Waals surface area (Å²) in [5, 5.41) is 15.1. The minimum Gasteiger partial charge on any atom is -1.00 e. The Morgan fingerprint density at radius 3 is 1.08 bits per heavy atom. The maximum Gasteiger partial charge on any atom is 1.00 e. The summed E-state index contributed by atoms with van der Waals surface area (Å²) in [5.74, 6) is 0. The van der Waals surface area contributed by atoms with Gasteiger partial charge in [-0.15, -0.1) is 0 Å². The Morgan fingerprint density at radius 2 is 1.00 bits per heavy atom. The Morgan fingerprint density at radius 1 is 0.833 bits per heavy atom. The maximum atomic E-state index is 9.29. The zero-order valence-corrected chi connectivity index (χ0v) is 7.53. The van der Waals surface area contributed by atoms with Crippen molar-refractivity contribution in [3.63, 3.8) is 0 Å². The minimum absolute atomic E-state index is 0. The summed E-state index contributed by atoms with van der Waals surface area (Å²) >= 11 is 0. The first-order chi connectivity index (χ1) is 3.63. The predicted octanol–water partition coefficient (Wildman–Crippen LogP) is -11.2. The molecule has 0 aromatic heterocycles. The predicted molar refractivity (Wildman–Crippen MR) is 22.7 cm³/mol. The van der Waals surface area contributed by atoms with E-state index in [-0.39, 0.29) is 81.1 Å². The van der Waals surface area contributed by atoms with Crippen LogP contribution in [0, 0.1) is 0 Å². The van der Waals surface area contributed by atoms with Crippen LogP contribution < -0.4 is 75.4 Å². The molecule has 0 radical (unpaired) electrons. The molecule has 0 atom stereocenters. The first kappa shape index (κ1) is 29.3. The van der Waals surface area contributed by atoms with Crippen LogP contribution in [0.1, 0.15) is 5.71 Å². The molecule has 6 nitrogen and oxygen atoms in total. The number of hydrogen-bond acceptors (Lipinski definition) is 4. The molecule has 0 bridgehead atoms. The normalized spacial score (nSPS) is 5.00. The molecule has 2 N–H and O–H groups in total. The molecule has 0 aromatic carbocycles. The van der Waals surface area contributed by atoms with Crippen LogP contribution in [-0.4, -0.2) is 22.5 Å². The van der Waals surface area contributed by atoms with Crippen molar-refractivity contribution in [2.75, 3.05) is 0 Å². The van der Waals surface area contributed by atoms with Crippen LogP contribution >= 0.6 is 0 Å². The van der Waals surface area contributed by atoms with E-state index in [1.54, 1.807) is 0 Å². The van der Waals surface area contributed by atoms with E-state index in [9.17, 15) is 9.59 Å². The van der Waals surface area contributed by atoms with Crippen LogP contribution in [0.5, 0.6) is 0 Å². The molecule has 0 saturated heterocycles. The van der Waals surface area contributed by atoms with Gasteiger partial charge in [-0.2, -0.15) is 0 Å². The zero-order valence-electron chi connectivity index (χ0n) is 11.5. The smallest absolute Gasteiger partial charge is 1.00 e. The summed E-state index contributed by atoms with van der Waals surface area (Å²) in [6, 6.07) is 0. The number of rotatable bonds is 0. The minimum atomic E-state index is -1.80. The number of carbonyl (C=O) groups is 2. The van der Waals surface area contributed by atoms with Gasteiger partial charge < -0.3 is 15.9 Å². The SMILES string of the molecule is O=C(O)OOC(=O)O.[H-].[H-].[H-].[H-].[Li+].[Li+].[Li+].[Li+]. The fraction of sp³-hybridized carbons (Fsp3) is 0. The molecule has 0 aliphatic carbocycles. The monoisotopic (exact) mass is 154 g/mol. The van der Waals surface area contributed by atoms with E-state index < -0.39 is 12.3 Å². The molecule has 0 heterocycles. The largest absolute Gasteiger partial charge is 1.00 e. The van der Waals surface area contributed by atoms with Crippen LogP contribution in [0.2, 0.25) is 0 Å². The summed E-state index contributed by atoms with van der Waals surface area (Å²) in [6.07, 6.45) is -3.60. The summed E-state index contributed by atoms with van der Waals surface area (Å²) < 4.78 is 0. The van der Waals surface area contributed by atoms with Crippen molar-refractivity contribution in [1.82, 2.24) is 0 Å². The van der Waals surface area contributed by atoms with Crippen molar-refractivity contribution in [3.8, 4) is 0 Å². The van der Waals surface area contributed by atoms with Gasteiger partial charge in [-0.3, -0.25) is 0 Å². The summed E-state index contributed by atoms with van der Waals surface area (Å²) in [5.41, 5.74) is 0. The van der Waals surface area contributed by atoms with E-state index in [0.29, 0.717) is 0 Å². The summed E-state index contributed by atoms with van der Waals surface area (Å²) in [6.45, 7) is 0. The molecule has 0 rings (SSSR count). The summed E-state index contributed by atoms with van der Waals surface area (Å²) in [7, 11) is 0. The van der Waals surface area contributed by atoms with Gasteiger partial charge in [-0.1, -0.05) is 0 Å². The topological polar surface area (TPSA) is 93.1 Å². The molecule has 0 saturated carbocycles. The van der Waals surface area contributed by atoms with Crippen molar-refractivity contribution in [2.45, 2.75) is 0 Å². The molecule has 0 unspecified atom stereocenters. The first-order valence-electron chi connectivity index (χ1n) is 1.43. The number of carboxylic acid groups (broad SMARTS) is 2. The van der Waals surface area contributed by atoms with Gasteiger partial charge in [0.1, 0.15) is 0 Å². The van der Waals surface area contributed by atoms with E-state index in [4.69, 9.17) is 10.2 Å². The third kappa shape index (κ3) is 30.6. The molecule has 0 aliphatic rings. The van der Waals surface area contributed by atoms with E-state index >= 15 is 0 Å². The molecule has 0 aliphatic heterocycles. The standard InChI is InChI=1S/C2H2O6.4Li.4H/c3-1(4)7-8-2(5)6;;;;;;;;/h(H,3,4)(H,5,6);;;;;;;;/q;4*+1;4*-1. The molecule has 10 heteroatoms. The second-order valence-electron chi connectivity index (χ2n) is 0.698. The van der Waals surface area contributed by atoms with Gasteiger partial charge in [-0.05, 0) is 0 Å². The fourth-order valence-electron chi connectivity index (χ4n) is 0.0713. The Bertz CT molecular complexity index is 115. The van der Waals surface area contributed by atoms with Gasteiger partial charge in [-0.25, -0.2) is 19.4 Å². The van der Waals surface area contributed by atoms with E-state index in [0.717, 1.165) is 0 Å². The van der Waals surface area contributed by atoms with Crippen LogP contribution in [0.25, 0.3) is 0 Å². The molecule has 0 aromatic rings. The molecule has 12 heavy (non-hydrogen) atoms. The van der Waals surface area contributed by atoms with Crippen molar-refractivity contribution < 1.29 is 111 Å². The van der Waals surface area contributed by atoms with Crippen molar-refractivity contribution in [1.29, 1.82) is 0 Å². The van der Waals surface area contributed by atoms with Gasteiger partial charge >= 0.3 is 87.8 Å². The van der Waals surface area contributed by atoms with Gasteiger partial charge in [0.05, 0.1) is 0 Å². The third-order valence-corrected chi connectivity index (χ3v) is 0.184. The van der Waals surface area contributed by atoms with Gasteiger partial charge in [0, 0.05) is 0 Å². The van der Waals surface area contributed by atoms with E-state index in [1.165, 1.54) is 0 Å². The molecular weight excluding hydrogens is 148 g/mol. The van der Waals surface area contributed by atoms with Gasteiger partial charge in [0.15, 0.2) is 0 Å². The second kappa shape index (κ2) is 17.9. The van der Waals surface area contributed by atoms with Gasteiger partial charge in [0.25, 0.3) is 0 Å². The summed E-state index contributed by atoms with van der Waals surface area (Å²) in [4.78, 5) is 24.8. The molecule has 0 amide bonds. The Balaban J connectivity index is -0.00000000875. The third-order valence-electron chi connectivity index (χ3n) is 0.184. The van der Waals surface area contributed by atoms with E-state index in [2.05, 4.69) is 9.78 Å². The van der Waals surface area contributed by atoms with Crippen molar-refractivity contribution in [3.05, 3.63) is 0 Å². The Kier molecular flexibility index (Phi) is 43.6. The second-order valence-corrected chi connectivity index (χ2v) is 0.698. The zero-order chi connectivity index (χ0) is 6.57. The van der Waals surface area contributed by atoms with Crippen LogP contribution in [0.3, 0.4) is 0 Å². The average molecular weight is 154 g/mol. The Labute approximate surface area is 122 Å². The molecule has 54 valence electrons. The molecule has 0 fully saturated rings. The first-order valence-corrected chi connectivity index (χ1v) is 1.43. The Hall–Kier alpha value is 0.930. The quantitative estimate of drug-likeness (QED) is 0.204. The number of hydrogen-bond donors (Lipinski definition) is 2. The van der Waals surface area contributed by atoms with E-state index in [1.807, 2.05) is 0 Å². The van der Waals surface area contributed by atoms with Crippen LogP contribution in [0.15, 0.2) is 0 Å². The van der Waals surface area contributed by atoms with Crippen LogP contribution in [-0.2, 0) is 9.78 Å².